The first-order valence-electron chi connectivity index (χ1n) is 6.03. The first-order valence-corrected chi connectivity index (χ1v) is 6.85. The fraction of sp³-hybridized carbons (Fsp3) is 0.188. The normalized spacial score (nSPS) is 10.5. The summed E-state index contributed by atoms with van der Waals surface area (Å²) >= 11 is 1.30. The largest absolute Gasteiger partial charge is 0.294 e. The molecule has 98 valence electrons. The first kappa shape index (κ1) is 13.8. The minimum atomic E-state index is -0.351. The van der Waals surface area contributed by atoms with Gasteiger partial charge in [-0.2, -0.15) is 0 Å². The molecule has 0 aromatic heterocycles. The number of ketones is 1. The molecule has 0 unspecified atom stereocenters. The van der Waals surface area contributed by atoms with Crippen LogP contribution in [0.2, 0.25) is 0 Å². The van der Waals surface area contributed by atoms with Crippen molar-refractivity contribution in [3.8, 4) is 0 Å². The lowest BCUT2D eigenvalue weighted by molar-refractivity contribution is 0.101. The Morgan fingerprint density at radius 3 is 2.47 bits per heavy atom. The van der Waals surface area contributed by atoms with E-state index in [4.69, 9.17) is 0 Å². The fourth-order valence-corrected chi connectivity index (χ4v) is 2.88. The molecule has 0 fully saturated rings. The number of carbonyl (C=O) groups excluding carboxylic acids is 1. The average molecular weight is 274 g/mol. The van der Waals surface area contributed by atoms with Gasteiger partial charge in [0.2, 0.25) is 0 Å². The van der Waals surface area contributed by atoms with Gasteiger partial charge in [0.25, 0.3) is 0 Å². The highest BCUT2D eigenvalue weighted by molar-refractivity contribution is 7.99. The number of carbonyl (C=O) groups is 1. The summed E-state index contributed by atoms with van der Waals surface area (Å²) in [6.45, 7) is 5.51. The van der Waals surface area contributed by atoms with Gasteiger partial charge in [0.05, 0.1) is 4.90 Å². The molecule has 2 rings (SSSR count). The molecule has 0 amide bonds. The Morgan fingerprint density at radius 2 is 1.84 bits per heavy atom. The molecule has 19 heavy (non-hydrogen) atoms. The van der Waals surface area contributed by atoms with Crippen molar-refractivity contribution < 1.29 is 9.18 Å². The molecule has 0 aliphatic rings. The predicted molar refractivity (Wildman–Crippen MR) is 76.4 cm³/mol. The van der Waals surface area contributed by atoms with Gasteiger partial charge in [0.1, 0.15) is 5.82 Å². The first-order chi connectivity index (χ1) is 8.99. The molecule has 0 aliphatic carbocycles. The standard InChI is InChI=1S/C16H15FOS/c1-10-7-8-13(9-11(10)2)19-16-14(12(3)18)5-4-6-15(16)17/h4-9H,1-3H3. The second-order valence-electron chi connectivity index (χ2n) is 4.52. The number of benzene rings is 2. The minimum absolute atomic E-state index is 0.120. The van der Waals surface area contributed by atoms with Gasteiger partial charge in [-0.1, -0.05) is 30.0 Å². The van der Waals surface area contributed by atoms with E-state index in [9.17, 15) is 9.18 Å². The molecule has 0 saturated carbocycles. The molecule has 0 N–H and O–H groups in total. The number of aryl methyl sites for hydroxylation is 2. The average Bonchev–Trinajstić information content (AvgIpc) is 2.36. The SMILES string of the molecule is CC(=O)c1cccc(F)c1Sc1ccc(C)c(C)c1. The Hall–Kier alpha value is -1.61. The number of hydrogen-bond donors (Lipinski definition) is 0. The summed E-state index contributed by atoms with van der Waals surface area (Å²) in [5.41, 5.74) is 2.79. The minimum Gasteiger partial charge on any atom is -0.294 e. The lowest BCUT2D eigenvalue weighted by Gasteiger charge is -2.09. The van der Waals surface area contributed by atoms with E-state index in [0.717, 1.165) is 10.5 Å². The lowest BCUT2D eigenvalue weighted by atomic mass is 10.1. The van der Waals surface area contributed by atoms with Crippen molar-refractivity contribution in [3.05, 3.63) is 58.9 Å². The molecule has 1 nitrogen and oxygen atoms in total. The van der Waals surface area contributed by atoms with Crippen LogP contribution in [0.3, 0.4) is 0 Å². The van der Waals surface area contributed by atoms with Gasteiger partial charge in [-0.15, -0.1) is 0 Å². The molecule has 0 aliphatic heterocycles. The Bertz CT molecular complexity index is 635. The summed E-state index contributed by atoms with van der Waals surface area (Å²) in [4.78, 5) is 12.9. The van der Waals surface area contributed by atoms with Gasteiger partial charge in [-0.05, 0) is 50.1 Å². The van der Waals surface area contributed by atoms with Gasteiger partial charge < -0.3 is 0 Å². The van der Waals surface area contributed by atoms with Gasteiger partial charge in [-0.25, -0.2) is 4.39 Å². The van der Waals surface area contributed by atoms with Crippen LogP contribution in [0.1, 0.15) is 28.4 Å². The van der Waals surface area contributed by atoms with E-state index in [-0.39, 0.29) is 11.6 Å². The second kappa shape index (κ2) is 5.57. The second-order valence-corrected chi connectivity index (χ2v) is 5.60. The molecule has 3 heteroatoms. The van der Waals surface area contributed by atoms with E-state index in [1.54, 1.807) is 12.1 Å². The van der Waals surface area contributed by atoms with E-state index in [0.29, 0.717) is 10.5 Å². The van der Waals surface area contributed by atoms with E-state index in [1.165, 1.54) is 30.3 Å². The highest BCUT2D eigenvalue weighted by atomic mass is 32.2. The molecule has 0 atom stereocenters. The highest BCUT2D eigenvalue weighted by Crippen LogP contribution is 2.33. The smallest absolute Gasteiger partial charge is 0.161 e. The molecule has 0 radical (unpaired) electrons. The third-order valence-electron chi connectivity index (χ3n) is 3.04. The van der Waals surface area contributed by atoms with Crippen molar-refractivity contribution >= 4 is 17.5 Å². The van der Waals surface area contributed by atoms with Crippen LogP contribution in [0.15, 0.2) is 46.2 Å². The Labute approximate surface area is 116 Å². The van der Waals surface area contributed by atoms with E-state index in [2.05, 4.69) is 0 Å². The molecule has 2 aromatic carbocycles. The number of hydrogen-bond acceptors (Lipinski definition) is 2. The van der Waals surface area contributed by atoms with Gasteiger partial charge in [-0.3, -0.25) is 4.79 Å². The number of halogens is 1. The van der Waals surface area contributed by atoms with E-state index in [1.807, 2.05) is 32.0 Å². The third-order valence-corrected chi connectivity index (χ3v) is 4.15. The maximum Gasteiger partial charge on any atom is 0.161 e. The molecule has 0 heterocycles. The summed E-state index contributed by atoms with van der Waals surface area (Å²) < 4.78 is 13.9. The number of rotatable bonds is 3. The fourth-order valence-electron chi connectivity index (χ4n) is 1.79. The maximum atomic E-state index is 13.9. The van der Waals surface area contributed by atoms with Gasteiger partial charge >= 0.3 is 0 Å². The van der Waals surface area contributed by atoms with Crippen molar-refractivity contribution in [1.29, 1.82) is 0 Å². The van der Waals surface area contributed by atoms with Crippen molar-refractivity contribution in [2.24, 2.45) is 0 Å². The zero-order chi connectivity index (χ0) is 14.0. The van der Waals surface area contributed by atoms with Gasteiger partial charge in [0, 0.05) is 10.5 Å². The van der Waals surface area contributed by atoms with Crippen molar-refractivity contribution in [1.82, 2.24) is 0 Å². The molecule has 0 spiro atoms. The molecule has 2 aromatic rings. The van der Waals surface area contributed by atoms with Crippen LogP contribution in [0, 0.1) is 19.7 Å². The van der Waals surface area contributed by atoms with Crippen molar-refractivity contribution in [3.63, 3.8) is 0 Å². The van der Waals surface area contributed by atoms with E-state index >= 15 is 0 Å². The van der Waals surface area contributed by atoms with Gasteiger partial charge in [0.15, 0.2) is 5.78 Å². The van der Waals surface area contributed by atoms with Crippen LogP contribution in [0.5, 0.6) is 0 Å². The summed E-state index contributed by atoms with van der Waals surface area (Å²) in [5.74, 6) is -0.471. The monoisotopic (exact) mass is 274 g/mol. The topological polar surface area (TPSA) is 17.1 Å². The zero-order valence-electron chi connectivity index (χ0n) is 11.2. The Balaban J connectivity index is 2.42. The van der Waals surface area contributed by atoms with E-state index < -0.39 is 0 Å². The van der Waals surface area contributed by atoms with Crippen LogP contribution in [0.4, 0.5) is 4.39 Å². The highest BCUT2D eigenvalue weighted by Gasteiger charge is 2.13. The Kier molecular flexibility index (Phi) is 4.05. The van der Waals surface area contributed by atoms with Crippen LogP contribution in [-0.2, 0) is 0 Å². The molecule has 0 saturated heterocycles. The summed E-state index contributed by atoms with van der Waals surface area (Å²) in [6, 6.07) is 10.6. The van der Waals surface area contributed by atoms with Crippen LogP contribution in [0.25, 0.3) is 0 Å². The summed E-state index contributed by atoms with van der Waals surface area (Å²) in [7, 11) is 0. The van der Waals surface area contributed by atoms with Crippen LogP contribution >= 0.6 is 11.8 Å². The zero-order valence-corrected chi connectivity index (χ0v) is 12.0. The number of Topliss-reactive ketones (excluding diaryl/α,β-unsaturated/α-hetero) is 1. The molecular formula is C16H15FOS. The molecule has 0 bridgehead atoms. The van der Waals surface area contributed by atoms with Crippen molar-refractivity contribution in [2.45, 2.75) is 30.6 Å². The predicted octanol–water partition coefficient (Wildman–Crippen LogP) is 4.80. The quantitative estimate of drug-likeness (QED) is 0.748. The van der Waals surface area contributed by atoms with Crippen LogP contribution < -0.4 is 0 Å². The summed E-state index contributed by atoms with van der Waals surface area (Å²) in [6.07, 6.45) is 0. The third kappa shape index (κ3) is 3.04. The lowest BCUT2D eigenvalue weighted by Crippen LogP contribution is -1.97. The van der Waals surface area contributed by atoms with Crippen LogP contribution in [-0.4, -0.2) is 5.78 Å². The summed E-state index contributed by atoms with van der Waals surface area (Å²) in [5, 5.41) is 0. The maximum absolute atomic E-state index is 13.9. The Morgan fingerprint density at radius 1 is 1.11 bits per heavy atom. The van der Waals surface area contributed by atoms with Crippen molar-refractivity contribution in [2.75, 3.05) is 0 Å². The molecular weight excluding hydrogens is 259 g/mol.